The molecule has 68 valence electrons. The van der Waals surface area contributed by atoms with Crippen LogP contribution in [0.25, 0.3) is 0 Å². The van der Waals surface area contributed by atoms with Crippen LogP contribution in [0.15, 0.2) is 35.3 Å². The average Bonchev–Trinajstić information content (AvgIpc) is 2.67. The van der Waals surface area contributed by atoms with Gasteiger partial charge in [-0.3, -0.25) is 0 Å². The van der Waals surface area contributed by atoms with E-state index in [1.165, 1.54) is 0 Å². The Hall–Kier alpha value is -1.02. The standard InChI is InChI=1S/C10H10ClNO/c11-6-9-7-12-10(13-9)8-4-2-1-3-5-8/h1-5,9H,6-7H2. The van der Waals surface area contributed by atoms with Crippen LogP contribution in [0, 0.1) is 0 Å². The molecule has 0 spiro atoms. The summed E-state index contributed by atoms with van der Waals surface area (Å²) in [6.45, 7) is 0.674. The molecule has 0 saturated heterocycles. The molecule has 1 aliphatic heterocycles. The second-order valence-electron chi connectivity index (χ2n) is 2.91. The number of alkyl halides is 1. The highest BCUT2D eigenvalue weighted by Gasteiger charge is 2.19. The number of hydrogen-bond donors (Lipinski definition) is 0. The fraction of sp³-hybridized carbons (Fsp3) is 0.300. The molecule has 1 atom stereocenters. The fourth-order valence-electron chi connectivity index (χ4n) is 1.24. The van der Waals surface area contributed by atoms with Crippen LogP contribution in [0.1, 0.15) is 5.56 Å². The van der Waals surface area contributed by atoms with E-state index in [2.05, 4.69) is 4.99 Å². The van der Waals surface area contributed by atoms with E-state index in [1.54, 1.807) is 0 Å². The lowest BCUT2D eigenvalue weighted by atomic mass is 10.2. The van der Waals surface area contributed by atoms with Crippen molar-refractivity contribution in [1.29, 1.82) is 0 Å². The fourth-order valence-corrected chi connectivity index (χ4v) is 1.40. The van der Waals surface area contributed by atoms with Crippen molar-refractivity contribution in [2.45, 2.75) is 6.10 Å². The third-order valence-electron chi connectivity index (χ3n) is 1.91. The van der Waals surface area contributed by atoms with Gasteiger partial charge in [-0.25, -0.2) is 4.99 Å². The molecule has 1 aromatic carbocycles. The molecule has 0 saturated carbocycles. The quantitative estimate of drug-likeness (QED) is 0.663. The van der Waals surface area contributed by atoms with Crippen molar-refractivity contribution in [1.82, 2.24) is 0 Å². The zero-order chi connectivity index (χ0) is 9.10. The number of hydrogen-bond acceptors (Lipinski definition) is 2. The average molecular weight is 196 g/mol. The van der Waals surface area contributed by atoms with Gasteiger partial charge in [0.2, 0.25) is 5.90 Å². The van der Waals surface area contributed by atoms with Crippen LogP contribution in [0.5, 0.6) is 0 Å². The molecule has 1 aromatic rings. The van der Waals surface area contributed by atoms with Crippen molar-refractivity contribution in [3.8, 4) is 0 Å². The van der Waals surface area contributed by atoms with Crippen LogP contribution >= 0.6 is 11.6 Å². The number of ether oxygens (including phenoxy) is 1. The predicted octanol–water partition coefficient (Wildman–Crippen LogP) is 2.07. The minimum atomic E-state index is 0.0527. The van der Waals surface area contributed by atoms with Crippen molar-refractivity contribution in [3.63, 3.8) is 0 Å². The highest BCUT2D eigenvalue weighted by atomic mass is 35.5. The van der Waals surface area contributed by atoms with E-state index < -0.39 is 0 Å². The third kappa shape index (κ3) is 1.83. The van der Waals surface area contributed by atoms with Gasteiger partial charge in [0.1, 0.15) is 6.10 Å². The summed E-state index contributed by atoms with van der Waals surface area (Å²) in [5, 5.41) is 0. The van der Waals surface area contributed by atoms with E-state index in [1.807, 2.05) is 30.3 Å². The lowest BCUT2D eigenvalue weighted by Crippen LogP contribution is -2.14. The molecule has 2 nitrogen and oxygen atoms in total. The predicted molar refractivity (Wildman–Crippen MR) is 53.4 cm³/mol. The van der Waals surface area contributed by atoms with Gasteiger partial charge >= 0.3 is 0 Å². The Bertz CT molecular complexity index is 310. The summed E-state index contributed by atoms with van der Waals surface area (Å²) < 4.78 is 5.51. The SMILES string of the molecule is ClCC1CN=C(c2ccccc2)O1. The molecule has 13 heavy (non-hydrogen) atoms. The molecule has 0 amide bonds. The Morgan fingerprint density at radius 1 is 1.38 bits per heavy atom. The first-order chi connectivity index (χ1) is 6.40. The number of rotatable bonds is 2. The molecule has 3 heteroatoms. The molecule has 0 radical (unpaired) electrons. The molecule has 0 N–H and O–H groups in total. The van der Waals surface area contributed by atoms with Gasteiger partial charge in [0.05, 0.1) is 12.4 Å². The minimum absolute atomic E-state index is 0.0527. The zero-order valence-corrected chi connectivity index (χ0v) is 7.87. The second-order valence-corrected chi connectivity index (χ2v) is 3.21. The van der Waals surface area contributed by atoms with Gasteiger partial charge in [-0.1, -0.05) is 18.2 Å². The van der Waals surface area contributed by atoms with Gasteiger partial charge < -0.3 is 4.74 Å². The van der Waals surface area contributed by atoms with E-state index >= 15 is 0 Å². The highest BCUT2D eigenvalue weighted by Crippen LogP contribution is 2.12. The smallest absolute Gasteiger partial charge is 0.216 e. The summed E-state index contributed by atoms with van der Waals surface area (Å²) in [5.41, 5.74) is 1.02. The Labute approximate surface area is 82.2 Å². The summed E-state index contributed by atoms with van der Waals surface area (Å²) in [6.07, 6.45) is 0.0527. The number of benzene rings is 1. The molecule has 2 rings (SSSR count). The molecule has 1 aliphatic rings. The summed E-state index contributed by atoms with van der Waals surface area (Å²) >= 11 is 5.66. The first-order valence-corrected chi connectivity index (χ1v) is 4.76. The maximum absolute atomic E-state index is 5.66. The summed E-state index contributed by atoms with van der Waals surface area (Å²) in [5.74, 6) is 1.21. The topological polar surface area (TPSA) is 21.6 Å². The van der Waals surface area contributed by atoms with Crippen molar-refractivity contribution < 1.29 is 4.74 Å². The summed E-state index contributed by atoms with van der Waals surface area (Å²) in [4.78, 5) is 4.27. The van der Waals surface area contributed by atoms with E-state index in [4.69, 9.17) is 16.3 Å². The van der Waals surface area contributed by atoms with Crippen molar-refractivity contribution >= 4 is 17.5 Å². The first kappa shape index (κ1) is 8.57. The van der Waals surface area contributed by atoms with Crippen molar-refractivity contribution in [2.24, 2.45) is 4.99 Å². The van der Waals surface area contributed by atoms with Crippen LogP contribution in [0.2, 0.25) is 0 Å². The maximum Gasteiger partial charge on any atom is 0.216 e. The number of nitrogens with zero attached hydrogens (tertiary/aromatic N) is 1. The van der Waals surface area contributed by atoms with Crippen molar-refractivity contribution in [2.75, 3.05) is 12.4 Å². The second kappa shape index (κ2) is 3.79. The number of halogens is 1. The molecule has 1 unspecified atom stereocenters. The lowest BCUT2D eigenvalue weighted by molar-refractivity contribution is 0.249. The van der Waals surface area contributed by atoms with E-state index in [0.717, 1.165) is 5.56 Å². The monoisotopic (exact) mass is 195 g/mol. The Morgan fingerprint density at radius 3 is 2.77 bits per heavy atom. The Balaban J connectivity index is 2.12. The summed E-state index contributed by atoms with van der Waals surface area (Å²) in [6, 6.07) is 9.87. The van der Waals surface area contributed by atoms with Gasteiger partial charge in [-0.05, 0) is 12.1 Å². The molecule has 0 fully saturated rings. The maximum atomic E-state index is 5.66. The molecule has 0 aromatic heterocycles. The normalized spacial score (nSPS) is 21.0. The van der Waals surface area contributed by atoms with Crippen LogP contribution in [0.3, 0.4) is 0 Å². The van der Waals surface area contributed by atoms with Gasteiger partial charge in [-0.2, -0.15) is 0 Å². The van der Waals surface area contributed by atoms with Crippen LogP contribution in [-0.2, 0) is 4.74 Å². The van der Waals surface area contributed by atoms with E-state index in [0.29, 0.717) is 18.3 Å². The third-order valence-corrected chi connectivity index (χ3v) is 2.25. The van der Waals surface area contributed by atoms with Crippen molar-refractivity contribution in [3.05, 3.63) is 35.9 Å². The van der Waals surface area contributed by atoms with Crippen LogP contribution < -0.4 is 0 Å². The van der Waals surface area contributed by atoms with E-state index in [9.17, 15) is 0 Å². The van der Waals surface area contributed by atoms with Gasteiger partial charge in [0.25, 0.3) is 0 Å². The molecule has 1 heterocycles. The minimum Gasteiger partial charge on any atom is -0.471 e. The zero-order valence-electron chi connectivity index (χ0n) is 7.11. The summed E-state index contributed by atoms with van der Waals surface area (Å²) in [7, 11) is 0. The van der Waals surface area contributed by atoms with Gasteiger partial charge in [-0.15, -0.1) is 11.6 Å². The molecule has 0 aliphatic carbocycles. The largest absolute Gasteiger partial charge is 0.471 e. The highest BCUT2D eigenvalue weighted by molar-refractivity contribution is 6.18. The Kier molecular flexibility index (Phi) is 2.50. The first-order valence-electron chi connectivity index (χ1n) is 4.22. The molecule has 0 bridgehead atoms. The van der Waals surface area contributed by atoms with Crippen LogP contribution in [0.4, 0.5) is 0 Å². The van der Waals surface area contributed by atoms with Gasteiger partial charge in [0.15, 0.2) is 0 Å². The van der Waals surface area contributed by atoms with Gasteiger partial charge in [0, 0.05) is 5.56 Å². The lowest BCUT2D eigenvalue weighted by Gasteiger charge is -2.06. The Morgan fingerprint density at radius 2 is 2.15 bits per heavy atom. The molecular weight excluding hydrogens is 186 g/mol. The van der Waals surface area contributed by atoms with Crippen LogP contribution in [-0.4, -0.2) is 24.4 Å². The molecular formula is C10H10ClNO. The number of aliphatic imine (C=N–C) groups is 1. The van der Waals surface area contributed by atoms with E-state index in [-0.39, 0.29) is 6.10 Å².